The van der Waals surface area contributed by atoms with Crippen LogP contribution < -0.4 is 15.6 Å². The fraction of sp³-hybridized carbons (Fsp3) is 0.333. The summed E-state index contributed by atoms with van der Waals surface area (Å²) in [6, 6.07) is 20.8. The van der Waals surface area contributed by atoms with Crippen molar-refractivity contribution in [3.8, 4) is 22.9 Å². The molecule has 4 aromatic rings. The maximum atomic E-state index is 13.6. The Morgan fingerprint density at radius 1 is 0.927 bits per heavy atom. The van der Waals surface area contributed by atoms with Gasteiger partial charge in [0.15, 0.2) is 11.8 Å². The first-order valence-corrected chi connectivity index (χ1v) is 18.1. The normalized spacial score (nSPS) is 12.7. The Balaban J connectivity index is 1.46. The number of halogens is 1. The van der Waals surface area contributed by atoms with Gasteiger partial charge in [0.05, 0.1) is 42.6 Å². The maximum Gasteiger partial charge on any atom is 0.338 e. The standard InChI is InChI=1S/C42H45ClN4O8/c1-7-35(47-23-37(53-6)33(21-38(47)49)32-20-31(43)18-17-30(32)22-44)36(48)19-27-13-15-29(16-14-27)41(51)55-25-34(45-40(50)39(26(2)3)46(4)5)42(52)54-24-28-11-9-8-10-12-28/h8-18,20-21,23,26,34-35,39H,7,19,24-25H2,1-6H3,(H,45,50)/t34-,35?,39-/m0/s1. The van der Waals surface area contributed by atoms with Crippen molar-refractivity contribution in [1.82, 2.24) is 14.8 Å². The molecule has 288 valence electrons. The van der Waals surface area contributed by atoms with Gasteiger partial charge in [0, 0.05) is 28.6 Å². The summed E-state index contributed by atoms with van der Waals surface area (Å²) < 4.78 is 17.8. The summed E-state index contributed by atoms with van der Waals surface area (Å²) in [6.07, 6.45) is 1.73. The number of amides is 1. The number of Topliss-reactive ketones (excluding diaryl/α,β-unsaturated/α-hetero) is 1. The van der Waals surface area contributed by atoms with E-state index in [1.165, 1.54) is 36.1 Å². The average molecular weight is 769 g/mol. The number of nitrogens with zero attached hydrogens (tertiary/aromatic N) is 3. The molecule has 1 amide bonds. The molecule has 13 heteroatoms. The van der Waals surface area contributed by atoms with E-state index in [0.29, 0.717) is 33.7 Å². The Bertz CT molecular complexity index is 2080. The van der Waals surface area contributed by atoms with Crippen LogP contribution in [0.2, 0.25) is 5.02 Å². The summed E-state index contributed by atoms with van der Waals surface area (Å²) in [5.41, 5.74) is 2.16. The second-order valence-electron chi connectivity index (χ2n) is 13.5. The number of pyridine rings is 1. The highest BCUT2D eigenvalue weighted by Gasteiger charge is 2.31. The van der Waals surface area contributed by atoms with Crippen LogP contribution in [0.4, 0.5) is 0 Å². The van der Waals surface area contributed by atoms with Gasteiger partial charge in [0.1, 0.15) is 19.0 Å². The monoisotopic (exact) mass is 768 g/mol. The Hall–Kier alpha value is -5.77. The van der Waals surface area contributed by atoms with Crippen LogP contribution in [0.15, 0.2) is 89.9 Å². The Morgan fingerprint density at radius 3 is 2.22 bits per heavy atom. The molecule has 0 saturated heterocycles. The molecular formula is C42H45ClN4O8. The first-order valence-electron chi connectivity index (χ1n) is 17.7. The molecule has 1 aromatic heterocycles. The Kier molecular flexibility index (Phi) is 14.9. The molecule has 0 spiro atoms. The van der Waals surface area contributed by atoms with E-state index in [1.54, 1.807) is 68.4 Å². The topological polar surface area (TPSA) is 157 Å². The molecule has 1 N–H and O–H groups in total. The van der Waals surface area contributed by atoms with Crippen LogP contribution in [-0.4, -0.2) is 73.0 Å². The van der Waals surface area contributed by atoms with E-state index in [1.807, 2.05) is 32.0 Å². The Labute approximate surface area is 325 Å². The molecule has 1 unspecified atom stereocenters. The predicted molar refractivity (Wildman–Crippen MR) is 208 cm³/mol. The summed E-state index contributed by atoms with van der Waals surface area (Å²) in [5.74, 6) is -1.95. The number of hydrogen-bond acceptors (Lipinski definition) is 10. The van der Waals surface area contributed by atoms with Crippen LogP contribution in [0.5, 0.6) is 5.75 Å². The van der Waals surface area contributed by atoms with Crippen LogP contribution >= 0.6 is 11.6 Å². The molecule has 0 radical (unpaired) electrons. The minimum atomic E-state index is -1.26. The first kappa shape index (κ1) is 42.0. The van der Waals surface area contributed by atoms with Crippen LogP contribution in [-0.2, 0) is 36.9 Å². The molecule has 0 aliphatic carbocycles. The van der Waals surface area contributed by atoms with Crippen molar-refractivity contribution in [3.63, 3.8) is 0 Å². The van der Waals surface area contributed by atoms with Crippen LogP contribution in [0.1, 0.15) is 60.3 Å². The van der Waals surface area contributed by atoms with Gasteiger partial charge < -0.3 is 24.1 Å². The Morgan fingerprint density at radius 2 is 1.62 bits per heavy atom. The summed E-state index contributed by atoms with van der Waals surface area (Å²) in [5, 5.41) is 12.7. The zero-order valence-corrected chi connectivity index (χ0v) is 32.5. The van der Waals surface area contributed by atoms with E-state index < -0.39 is 48.1 Å². The lowest BCUT2D eigenvalue weighted by molar-refractivity contribution is -0.151. The van der Waals surface area contributed by atoms with Gasteiger partial charge in [-0.15, -0.1) is 0 Å². The molecule has 4 rings (SSSR count). The van der Waals surface area contributed by atoms with E-state index in [4.69, 9.17) is 25.8 Å². The van der Waals surface area contributed by atoms with Crippen molar-refractivity contribution in [3.05, 3.63) is 123 Å². The quantitative estimate of drug-likeness (QED) is 0.131. The van der Waals surface area contributed by atoms with Crippen LogP contribution in [0, 0.1) is 17.2 Å². The zero-order chi connectivity index (χ0) is 40.2. The number of likely N-dealkylation sites (N-methyl/N-ethyl adjacent to an activating group) is 1. The average Bonchev–Trinajstić information content (AvgIpc) is 3.16. The SMILES string of the molecule is CCC(C(=O)Cc1ccc(C(=O)OC[C@H](NC(=O)[C@H](C(C)C)N(C)C)C(=O)OCc2ccccc2)cc1)n1cc(OC)c(-c2cc(Cl)ccc2C#N)cc1=O. The van der Waals surface area contributed by atoms with Gasteiger partial charge in [0.2, 0.25) is 5.91 Å². The molecule has 0 aliphatic rings. The third kappa shape index (κ3) is 10.9. The van der Waals surface area contributed by atoms with E-state index in [0.717, 1.165) is 5.56 Å². The third-order valence-electron chi connectivity index (χ3n) is 8.98. The molecule has 0 fully saturated rings. The number of carbonyl (C=O) groups is 4. The zero-order valence-electron chi connectivity index (χ0n) is 31.7. The van der Waals surface area contributed by atoms with E-state index >= 15 is 0 Å². The van der Waals surface area contributed by atoms with Gasteiger partial charge in [-0.05, 0) is 67.9 Å². The van der Waals surface area contributed by atoms with E-state index in [2.05, 4.69) is 11.4 Å². The second-order valence-corrected chi connectivity index (χ2v) is 13.9. The number of aromatic nitrogens is 1. The highest BCUT2D eigenvalue weighted by Crippen LogP contribution is 2.33. The molecule has 0 saturated carbocycles. The number of rotatable bonds is 17. The number of methoxy groups -OCH3 is 1. The number of esters is 2. The lowest BCUT2D eigenvalue weighted by atomic mass is 9.98. The van der Waals surface area contributed by atoms with Crippen molar-refractivity contribution in [2.24, 2.45) is 5.92 Å². The van der Waals surface area contributed by atoms with E-state index in [9.17, 15) is 29.2 Å². The van der Waals surface area contributed by atoms with Gasteiger partial charge in [-0.2, -0.15) is 5.26 Å². The molecule has 0 bridgehead atoms. The van der Waals surface area contributed by atoms with Gasteiger partial charge in [0.25, 0.3) is 5.56 Å². The summed E-state index contributed by atoms with van der Waals surface area (Å²) in [4.78, 5) is 68.2. The van der Waals surface area contributed by atoms with Crippen LogP contribution in [0.25, 0.3) is 11.1 Å². The molecular weight excluding hydrogens is 724 g/mol. The predicted octanol–water partition coefficient (Wildman–Crippen LogP) is 5.78. The smallest absolute Gasteiger partial charge is 0.338 e. The lowest BCUT2D eigenvalue weighted by Crippen LogP contribution is -2.53. The first-order chi connectivity index (χ1) is 26.3. The maximum absolute atomic E-state index is 13.6. The highest BCUT2D eigenvalue weighted by atomic mass is 35.5. The molecule has 3 atom stereocenters. The molecule has 12 nitrogen and oxygen atoms in total. The van der Waals surface area contributed by atoms with Crippen LogP contribution in [0.3, 0.4) is 0 Å². The number of nitrogens with one attached hydrogen (secondary N) is 1. The summed E-state index contributed by atoms with van der Waals surface area (Å²) >= 11 is 6.18. The van der Waals surface area contributed by atoms with Gasteiger partial charge in [-0.3, -0.25) is 19.3 Å². The number of carbonyl (C=O) groups excluding carboxylic acids is 4. The second kappa shape index (κ2) is 19.5. The molecule has 3 aromatic carbocycles. The molecule has 0 aliphatic heterocycles. The number of ketones is 1. The fourth-order valence-electron chi connectivity index (χ4n) is 6.27. The number of benzene rings is 3. The molecule has 55 heavy (non-hydrogen) atoms. The minimum absolute atomic E-state index is 0.0277. The summed E-state index contributed by atoms with van der Waals surface area (Å²) in [6.45, 7) is 5.06. The van der Waals surface area contributed by atoms with Crippen molar-refractivity contribution >= 4 is 35.2 Å². The summed E-state index contributed by atoms with van der Waals surface area (Å²) in [7, 11) is 4.95. The van der Waals surface area contributed by atoms with Gasteiger partial charge >= 0.3 is 11.9 Å². The minimum Gasteiger partial charge on any atom is -0.495 e. The number of hydrogen-bond donors (Lipinski definition) is 1. The van der Waals surface area contributed by atoms with Gasteiger partial charge in [-0.25, -0.2) is 9.59 Å². The van der Waals surface area contributed by atoms with Gasteiger partial charge in [-0.1, -0.05) is 74.8 Å². The van der Waals surface area contributed by atoms with E-state index in [-0.39, 0.29) is 36.0 Å². The fourth-order valence-corrected chi connectivity index (χ4v) is 6.44. The van der Waals surface area contributed by atoms with Crippen molar-refractivity contribution in [2.75, 3.05) is 27.8 Å². The van der Waals surface area contributed by atoms with Crippen molar-refractivity contribution in [1.29, 1.82) is 5.26 Å². The third-order valence-corrected chi connectivity index (χ3v) is 9.22. The number of ether oxygens (including phenoxy) is 3. The largest absolute Gasteiger partial charge is 0.495 e. The molecule has 1 heterocycles. The van der Waals surface area contributed by atoms with Crippen molar-refractivity contribution in [2.45, 2.75) is 58.3 Å². The number of nitriles is 1. The lowest BCUT2D eigenvalue weighted by Gasteiger charge is -2.28. The van der Waals surface area contributed by atoms with Crippen molar-refractivity contribution < 1.29 is 33.4 Å². The highest BCUT2D eigenvalue weighted by molar-refractivity contribution is 6.31.